The van der Waals surface area contributed by atoms with Gasteiger partial charge in [-0.25, -0.2) is 9.59 Å². The number of likely N-dealkylation sites (tertiary alicyclic amines) is 1. The predicted molar refractivity (Wildman–Crippen MR) is 78.5 cm³/mol. The zero-order valence-corrected chi connectivity index (χ0v) is 13.4. The number of nitrogens with zero attached hydrogens (tertiary/aromatic N) is 2. The maximum atomic E-state index is 12.2. The van der Waals surface area contributed by atoms with Crippen molar-refractivity contribution in [3.63, 3.8) is 0 Å². The van der Waals surface area contributed by atoms with Crippen LogP contribution in [0.4, 0.5) is 4.79 Å². The molecule has 2 N–H and O–H groups in total. The molecule has 120 valence electrons. The van der Waals surface area contributed by atoms with Crippen LogP contribution in [-0.2, 0) is 14.4 Å². The number of carbonyl (C=O) groups is 2. The minimum Gasteiger partial charge on any atom is -0.444 e. The molecule has 1 heterocycles. The van der Waals surface area contributed by atoms with Gasteiger partial charge in [-0.05, 0) is 40.5 Å². The number of carbonyl (C=O) groups excluding carboxylic acids is 2. The van der Waals surface area contributed by atoms with Gasteiger partial charge in [-0.1, -0.05) is 5.16 Å². The van der Waals surface area contributed by atoms with Crippen LogP contribution in [0, 0.1) is 5.92 Å². The summed E-state index contributed by atoms with van der Waals surface area (Å²) in [5.41, 5.74) is 5.29. The molecule has 0 radical (unpaired) electrons. The Labute approximate surface area is 125 Å². The van der Waals surface area contributed by atoms with Crippen molar-refractivity contribution in [3.05, 3.63) is 0 Å². The van der Waals surface area contributed by atoms with Crippen molar-refractivity contribution in [1.82, 2.24) is 4.90 Å². The lowest BCUT2D eigenvalue weighted by Crippen LogP contribution is -2.50. The number of hydrogen-bond donors (Lipinski definition) is 1. The quantitative estimate of drug-likeness (QED) is 0.363. The Morgan fingerprint density at radius 3 is 2.43 bits per heavy atom. The topological polar surface area (TPSA) is 94.2 Å². The Morgan fingerprint density at radius 2 is 1.90 bits per heavy atom. The summed E-state index contributed by atoms with van der Waals surface area (Å²) in [5.74, 6) is -0.426. The molecule has 0 bridgehead atoms. The van der Waals surface area contributed by atoms with Gasteiger partial charge in [0, 0.05) is 25.4 Å². The Kier molecular flexibility index (Phi) is 5.57. The van der Waals surface area contributed by atoms with Gasteiger partial charge in [0.15, 0.2) is 0 Å². The number of rotatable bonds is 2. The van der Waals surface area contributed by atoms with E-state index in [0.717, 1.165) is 12.8 Å². The third kappa shape index (κ3) is 5.61. The fraction of sp³-hybridized carbons (Fsp3) is 0.786. The van der Waals surface area contributed by atoms with Gasteiger partial charge in [0.05, 0.1) is 0 Å². The highest BCUT2D eigenvalue weighted by molar-refractivity contribution is 5.84. The van der Waals surface area contributed by atoms with Gasteiger partial charge in [-0.3, -0.25) is 0 Å². The summed E-state index contributed by atoms with van der Waals surface area (Å²) in [7, 11) is 0. The molecule has 1 amide bonds. The molecule has 0 aliphatic carbocycles. The van der Waals surface area contributed by atoms with Gasteiger partial charge in [0.2, 0.25) is 0 Å². The normalized spacial score (nSPS) is 23.7. The minimum absolute atomic E-state index is 0.0811. The Morgan fingerprint density at radius 1 is 1.29 bits per heavy atom. The fourth-order valence-corrected chi connectivity index (χ4v) is 2.11. The summed E-state index contributed by atoms with van der Waals surface area (Å²) < 4.78 is 5.39. The molecular formula is C14H25N3O4. The first kappa shape index (κ1) is 17.3. The Bertz CT molecular complexity index is 428. The Balaban J connectivity index is 2.71. The molecule has 0 aromatic rings. The van der Waals surface area contributed by atoms with E-state index in [2.05, 4.69) is 9.99 Å². The molecule has 2 unspecified atom stereocenters. The van der Waals surface area contributed by atoms with Crippen LogP contribution in [0.1, 0.15) is 47.5 Å². The van der Waals surface area contributed by atoms with Crippen LogP contribution < -0.4 is 5.73 Å². The van der Waals surface area contributed by atoms with Crippen molar-refractivity contribution in [2.75, 3.05) is 6.54 Å². The standard InChI is InChI=1S/C14H25N3O4/c1-9-6-7-11(12(15)16-21-10(2)18)8-17(9)13(19)20-14(3,4)5/h9,11H,6-8H2,1-5H3,(H2,15,16). The van der Waals surface area contributed by atoms with E-state index in [0.29, 0.717) is 6.54 Å². The minimum atomic E-state index is -0.541. The average Bonchev–Trinajstić information content (AvgIpc) is 2.34. The molecule has 1 aliphatic rings. The van der Waals surface area contributed by atoms with Crippen LogP contribution in [0.15, 0.2) is 5.16 Å². The SMILES string of the molecule is CC(=O)ON=C(N)C1CCC(C)N(C(=O)OC(C)(C)C)C1. The van der Waals surface area contributed by atoms with Crippen LogP contribution in [0.5, 0.6) is 0 Å². The molecule has 1 saturated heterocycles. The van der Waals surface area contributed by atoms with Crippen LogP contribution >= 0.6 is 0 Å². The molecule has 7 heteroatoms. The highest BCUT2D eigenvalue weighted by Crippen LogP contribution is 2.24. The molecule has 21 heavy (non-hydrogen) atoms. The number of ether oxygens (including phenoxy) is 1. The third-order valence-corrected chi connectivity index (χ3v) is 3.21. The second-order valence-corrected chi connectivity index (χ2v) is 6.36. The molecule has 7 nitrogen and oxygen atoms in total. The lowest BCUT2D eigenvalue weighted by Gasteiger charge is -2.38. The Hall–Kier alpha value is -1.79. The molecule has 0 spiro atoms. The fourth-order valence-electron chi connectivity index (χ4n) is 2.11. The first-order chi connectivity index (χ1) is 9.60. The van der Waals surface area contributed by atoms with Gasteiger partial charge in [0.1, 0.15) is 11.4 Å². The van der Waals surface area contributed by atoms with Gasteiger partial charge in [0.25, 0.3) is 0 Å². The largest absolute Gasteiger partial charge is 0.444 e. The maximum absolute atomic E-state index is 12.2. The van der Waals surface area contributed by atoms with E-state index in [1.54, 1.807) is 4.90 Å². The first-order valence-corrected chi connectivity index (χ1v) is 7.10. The number of amides is 1. The van der Waals surface area contributed by atoms with Crippen molar-refractivity contribution < 1.29 is 19.2 Å². The van der Waals surface area contributed by atoms with E-state index in [4.69, 9.17) is 10.5 Å². The molecule has 2 atom stereocenters. The molecule has 1 fully saturated rings. The number of nitrogens with two attached hydrogens (primary N) is 1. The monoisotopic (exact) mass is 299 g/mol. The van der Waals surface area contributed by atoms with E-state index >= 15 is 0 Å². The highest BCUT2D eigenvalue weighted by atomic mass is 16.7. The summed E-state index contributed by atoms with van der Waals surface area (Å²) in [6.45, 7) is 9.12. The number of hydrogen-bond acceptors (Lipinski definition) is 5. The predicted octanol–water partition coefficient (Wildman–Crippen LogP) is 1.86. The van der Waals surface area contributed by atoms with Crippen LogP contribution in [0.25, 0.3) is 0 Å². The van der Waals surface area contributed by atoms with Crippen molar-refractivity contribution in [1.29, 1.82) is 0 Å². The summed E-state index contributed by atoms with van der Waals surface area (Å²) in [6, 6.07) is 0.0811. The van der Waals surface area contributed by atoms with Crippen molar-refractivity contribution in [3.8, 4) is 0 Å². The van der Waals surface area contributed by atoms with E-state index in [-0.39, 0.29) is 23.9 Å². The highest BCUT2D eigenvalue weighted by Gasteiger charge is 2.33. The van der Waals surface area contributed by atoms with Gasteiger partial charge in [-0.2, -0.15) is 0 Å². The molecule has 1 aliphatic heterocycles. The molecule has 0 aromatic carbocycles. The van der Waals surface area contributed by atoms with E-state index in [9.17, 15) is 9.59 Å². The van der Waals surface area contributed by atoms with E-state index in [1.807, 2.05) is 27.7 Å². The zero-order valence-electron chi connectivity index (χ0n) is 13.4. The second-order valence-electron chi connectivity index (χ2n) is 6.36. The second kappa shape index (κ2) is 6.78. The van der Waals surface area contributed by atoms with Gasteiger partial charge in [-0.15, -0.1) is 0 Å². The van der Waals surface area contributed by atoms with E-state index < -0.39 is 11.6 Å². The van der Waals surface area contributed by atoms with E-state index in [1.165, 1.54) is 6.92 Å². The third-order valence-electron chi connectivity index (χ3n) is 3.21. The smallest absolute Gasteiger partial charge is 0.410 e. The molecule has 0 saturated carbocycles. The lowest BCUT2D eigenvalue weighted by atomic mass is 9.93. The van der Waals surface area contributed by atoms with Crippen LogP contribution in [0.2, 0.25) is 0 Å². The van der Waals surface area contributed by atoms with Crippen LogP contribution in [0.3, 0.4) is 0 Å². The summed E-state index contributed by atoms with van der Waals surface area (Å²) in [4.78, 5) is 29.1. The lowest BCUT2D eigenvalue weighted by molar-refractivity contribution is -0.141. The van der Waals surface area contributed by atoms with Crippen molar-refractivity contribution in [2.45, 2.75) is 59.1 Å². The first-order valence-electron chi connectivity index (χ1n) is 7.10. The molecular weight excluding hydrogens is 274 g/mol. The van der Waals surface area contributed by atoms with Gasteiger partial charge < -0.3 is 20.2 Å². The zero-order chi connectivity index (χ0) is 16.2. The van der Waals surface area contributed by atoms with Crippen molar-refractivity contribution in [2.24, 2.45) is 16.8 Å². The summed E-state index contributed by atoms with van der Waals surface area (Å²) >= 11 is 0. The van der Waals surface area contributed by atoms with Crippen LogP contribution in [-0.4, -0.2) is 41.0 Å². The summed E-state index contributed by atoms with van der Waals surface area (Å²) in [6.07, 6.45) is 1.22. The van der Waals surface area contributed by atoms with Crippen molar-refractivity contribution >= 4 is 17.9 Å². The van der Waals surface area contributed by atoms with Gasteiger partial charge >= 0.3 is 12.1 Å². The molecule has 1 rings (SSSR count). The molecule has 0 aromatic heterocycles. The number of piperidine rings is 1. The summed E-state index contributed by atoms with van der Waals surface area (Å²) in [5, 5.41) is 3.61. The maximum Gasteiger partial charge on any atom is 0.410 e. The average molecular weight is 299 g/mol. The number of oxime groups is 1. The number of amidine groups is 1.